The van der Waals surface area contributed by atoms with E-state index < -0.39 is 5.69 Å². The zero-order chi connectivity index (χ0) is 21.3. The van der Waals surface area contributed by atoms with E-state index in [-0.39, 0.29) is 12.5 Å². The van der Waals surface area contributed by atoms with E-state index in [1.807, 2.05) is 56.3 Å². The van der Waals surface area contributed by atoms with Crippen LogP contribution in [0.4, 0.5) is 11.5 Å². The fourth-order valence-electron chi connectivity index (χ4n) is 4.15. The molecule has 0 radical (unpaired) electrons. The molecule has 1 amide bonds. The van der Waals surface area contributed by atoms with Crippen LogP contribution in [0.1, 0.15) is 30.9 Å². The number of anilines is 2. The minimum absolute atomic E-state index is 0.0735. The number of para-hydroxylation sites is 1. The van der Waals surface area contributed by atoms with Gasteiger partial charge in [-0.3, -0.25) is 9.36 Å². The Balaban J connectivity index is 1.65. The largest absolute Gasteiger partial charge is 0.356 e. The summed E-state index contributed by atoms with van der Waals surface area (Å²) in [5.74, 6) is 1.06. The average Bonchev–Trinajstić information content (AvgIpc) is 2.72. The van der Waals surface area contributed by atoms with Crippen LogP contribution in [0.2, 0.25) is 0 Å². The summed E-state index contributed by atoms with van der Waals surface area (Å²) in [6, 6.07) is 13.5. The molecule has 0 saturated carbocycles. The Hall–Kier alpha value is -3.15. The quantitative estimate of drug-likeness (QED) is 0.716. The molecule has 2 heterocycles. The van der Waals surface area contributed by atoms with Gasteiger partial charge in [-0.25, -0.2) is 4.79 Å². The molecule has 0 unspecified atom stereocenters. The van der Waals surface area contributed by atoms with Crippen molar-refractivity contribution < 1.29 is 4.79 Å². The normalized spacial score (nSPS) is 16.6. The second-order valence-corrected chi connectivity index (χ2v) is 8.36. The molecule has 1 aliphatic heterocycles. The number of amides is 1. The Bertz CT molecular complexity index is 1150. The van der Waals surface area contributed by atoms with Gasteiger partial charge in [0.25, 0.3) is 0 Å². The molecule has 4 rings (SSSR count). The number of piperidine rings is 1. The van der Waals surface area contributed by atoms with Gasteiger partial charge in [-0.2, -0.15) is 4.98 Å². The van der Waals surface area contributed by atoms with Crippen molar-refractivity contribution in [3.05, 3.63) is 64.1 Å². The number of carbonyl (C=O) groups excluding carboxylic acids is 1. The summed E-state index contributed by atoms with van der Waals surface area (Å²) in [6.07, 6.45) is 2.29. The van der Waals surface area contributed by atoms with E-state index in [2.05, 4.69) is 22.1 Å². The van der Waals surface area contributed by atoms with Crippen LogP contribution in [0, 0.1) is 19.8 Å². The minimum atomic E-state index is -0.392. The highest BCUT2D eigenvalue weighted by Gasteiger charge is 2.22. The van der Waals surface area contributed by atoms with Crippen molar-refractivity contribution in [2.45, 2.75) is 40.2 Å². The number of aromatic nitrogens is 2. The smallest absolute Gasteiger partial charge is 0.350 e. The van der Waals surface area contributed by atoms with Gasteiger partial charge in [-0.05, 0) is 68.0 Å². The molecule has 0 aliphatic carbocycles. The van der Waals surface area contributed by atoms with Crippen molar-refractivity contribution in [1.82, 2.24) is 9.55 Å². The first-order valence-corrected chi connectivity index (χ1v) is 10.5. The van der Waals surface area contributed by atoms with Crippen LogP contribution in [-0.2, 0) is 11.3 Å². The molecule has 0 bridgehead atoms. The number of carbonyl (C=O) groups is 1. The average molecular weight is 405 g/mol. The van der Waals surface area contributed by atoms with Crippen molar-refractivity contribution >= 4 is 28.3 Å². The number of fused-ring (bicyclic) bond motifs is 1. The lowest BCUT2D eigenvalue weighted by Gasteiger charge is -2.32. The van der Waals surface area contributed by atoms with Gasteiger partial charge in [-0.15, -0.1) is 0 Å². The molecule has 6 heteroatoms. The van der Waals surface area contributed by atoms with Gasteiger partial charge >= 0.3 is 5.69 Å². The summed E-state index contributed by atoms with van der Waals surface area (Å²) < 4.78 is 1.46. The first-order valence-electron chi connectivity index (χ1n) is 10.5. The fourth-order valence-corrected chi connectivity index (χ4v) is 4.15. The van der Waals surface area contributed by atoms with E-state index in [1.54, 1.807) is 0 Å². The van der Waals surface area contributed by atoms with E-state index in [0.29, 0.717) is 5.92 Å². The summed E-state index contributed by atoms with van der Waals surface area (Å²) in [7, 11) is 0. The third kappa shape index (κ3) is 4.08. The molecule has 3 aromatic rings. The lowest BCUT2D eigenvalue weighted by atomic mass is 10.00. The van der Waals surface area contributed by atoms with Gasteiger partial charge in [0.1, 0.15) is 12.4 Å². The maximum Gasteiger partial charge on any atom is 0.350 e. The van der Waals surface area contributed by atoms with Crippen molar-refractivity contribution in [1.29, 1.82) is 0 Å². The van der Waals surface area contributed by atoms with Crippen LogP contribution in [0.5, 0.6) is 0 Å². The summed E-state index contributed by atoms with van der Waals surface area (Å²) in [6.45, 7) is 7.99. The van der Waals surface area contributed by atoms with Gasteiger partial charge in [0.15, 0.2) is 0 Å². The molecule has 1 fully saturated rings. The molecule has 2 aromatic carbocycles. The van der Waals surface area contributed by atoms with E-state index in [4.69, 9.17) is 0 Å². The standard InChI is InChI=1S/C24H28N4O2/c1-16-7-6-12-27(14-16)23-20-8-4-5-9-21(20)28(24(30)26-23)15-22(29)25-19-11-10-17(2)18(3)13-19/h4-5,8-11,13,16H,6-7,12,14-15H2,1-3H3,(H,25,29)/t16-/m1/s1. The molecule has 1 atom stereocenters. The molecule has 1 aromatic heterocycles. The highest BCUT2D eigenvalue weighted by atomic mass is 16.2. The van der Waals surface area contributed by atoms with Gasteiger partial charge in [-0.1, -0.05) is 25.1 Å². The number of hydrogen-bond acceptors (Lipinski definition) is 4. The highest BCUT2D eigenvalue weighted by molar-refractivity contribution is 5.94. The highest BCUT2D eigenvalue weighted by Crippen LogP contribution is 2.27. The lowest BCUT2D eigenvalue weighted by Crippen LogP contribution is -2.38. The molecule has 156 valence electrons. The first-order chi connectivity index (χ1) is 14.4. The Kier molecular flexibility index (Phi) is 5.57. The van der Waals surface area contributed by atoms with Crippen LogP contribution < -0.4 is 15.9 Å². The predicted molar refractivity (Wildman–Crippen MR) is 121 cm³/mol. The zero-order valence-corrected chi connectivity index (χ0v) is 17.8. The Morgan fingerprint density at radius 3 is 2.73 bits per heavy atom. The van der Waals surface area contributed by atoms with Crippen LogP contribution in [0.15, 0.2) is 47.3 Å². The second-order valence-electron chi connectivity index (χ2n) is 8.36. The van der Waals surface area contributed by atoms with E-state index >= 15 is 0 Å². The van der Waals surface area contributed by atoms with Crippen LogP contribution in [-0.4, -0.2) is 28.5 Å². The van der Waals surface area contributed by atoms with Gasteiger partial charge in [0.05, 0.1) is 5.52 Å². The number of benzene rings is 2. The number of nitrogens with zero attached hydrogens (tertiary/aromatic N) is 3. The second kappa shape index (κ2) is 8.30. The molecule has 1 aliphatic rings. The van der Waals surface area contributed by atoms with Crippen molar-refractivity contribution in [3.63, 3.8) is 0 Å². The van der Waals surface area contributed by atoms with Crippen LogP contribution in [0.3, 0.4) is 0 Å². The third-order valence-electron chi connectivity index (χ3n) is 5.92. The molecule has 30 heavy (non-hydrogen) atoms. The minimum Gasteiger partial charge on any atom is -0.356 e. The zero-order valence-electron chi connectivity index (χ0n) is 17.8. The van der Waals surface area contributed by atoms with Crippen LogP contribution >= 0.6 is 0 Å². The predicted octanol–water partition coefficient (Wildman–Crippen LogP) is 3.89. The van der Waals surface area contributed by atoms with Crippen molar-refractivity contribution in [2.24, 2.45) is 5.92 Å². The maximum absolute atomic E-state index is 12.9. The number of rotatable bonds is 4. The molecule has 0 spiro atoms. The summed E-state index contributed by atoms with van der Waals surface area (Å²) in [5, 5.41) is 3.80. The Labute approximate surface area is 176 Å². The van der Waals surface area contributed by atoms with Gasteiger partial charge in [0.2, 0.25) is 5.91 Å². The Morgan fingerprint density at radius 2 is 1.97 bits per heavy atom. The molecular formula is C24H28N4O2. The Morgan fingerprint density at radius 1 is 1.17 bits per heavy atom. The summed E-state index contributed by atoms with van der Waals surface area (Å²) >= 11 is 0. The topological polar surface area (TPSA) is 67.2 Å². The number of hydrogen-bond donors (Lipinski definition) is 1. The summed E-state index contributed by atoms with van der Waals surface area (Å²) in [5.41, 5.74) is 3.35. The molecule has 1 N–H and O–H groups in total. The van der Waals surface area contributed by atoms with Crippen LogP contribution in [0.25, 0.3) is 10.9 Å². The summed E-state index contributed by atoms with van der Waals surface area (Å²) in [4.78, 5) is 32.2. The monoisotopic (exact) mass is 404 g/mol. The van der Waals surface area contributed by atoms with Crippen molar-refractivity contribution in [2.75, 3.05) is 23.3 Å². The first kappa shape index (κ1) is 20.1. The van der Waals surface area contributed by atoms with E-state index in [0.717, 1.165) is 47.5 Å². The maximum atomic E-state index is 12.9. The molecule has 6 nitrogen and oxygen atoms in total. The molecule has 1 saturated heterocycles. The number of aryl methyl sites for hydroxylation is 2. The fraction of sp³-hybridized carbons (Fsp3) is 0.375. The van der Waals surface area contributed by atoms with Crippen molar-refractivity contribution in [3.8, 4) is 0 Å². The van der Waals surface area contributed by atoms with Gasteiger partial charge in [0, 0.05) is 24.2 Å². The lowest BCUT2D eigenvalue weighted by molar-refractivity contribution is -0.116. The third-order valence-corrected chi connectivity index (χ3v) is 5.92. The van der Waals surface area contributed by atoms with Gasteiger partial charge < -0.3 is 10.2 Å². The SMILES string of the molecule is Cc1ccc(NC(=O)Cn2c(=O)nc(N3CCC[C@@H](C)C3)c3ccccc32)cc1C. The number of nitrogens with one attached hydrogen (secondary N) is 1. The van der Waals surface area contributed by atoms with E-state index in [9.17, 15) is 9.59 Å². The van der Waals surface area contributed by atoms with E-state index in [1.165, 1.54) is 16.6 Å². The molecular weight excluding hydrogens is 376 g/mol.